The second kappa shape index (κ2) is 4.06. The van der Waals surface area contributed by atoms with Crippen LogP contribution in [0.25, 0.3) is 11.3 Å². The number of benzene rings is 1. The van der Waals surface area contributed by atoms with Gasteiger partial charge >= 0.3 is 0 Å². The molecule has 0 unspecified atom stereocenters. The molecule has 0 saturated carbocycles. The van der Waals surface area contributed by atoms with Crippen LogP contribution < -0.4 is 5.73 Å². The third-order valence-corrected chi connectivity index (χ3v) is 2.41. The fourth-order valence-corrected chi connectivity index (χ4v) is 1.64. The van der Waals surface area contributed by atoms with Gasteiger partial charge in [0.25, 0.3) is 0 Å². The molecule has 1 aromatic carbocycles. The normalized spacial score (nSPS) is 10.4. The lowest BCUT2D eigenvalue weighted by atomic mass is 10.1. The van der Waals surface area contributed by atoms with Crippen molar-refractivity contribution in [3.63, 3.8) is 0 Å². The Kier molecular flexibility index (Phi) is 2.75. The highest BCUT2D eigenvalue weighted by atomic mass is 35.5. The van der Waals surface area contributed by atoms with E-state index in [0.29, 0.717) is 22.0 Å². The molecule has 0 fully saturated rings. The first-order valence-corrected chi connectivity index (χ1v) is 5.00. The van der Waals surface area contributed by atoms with Crippen LogP contribution >= 0.6 is 11.6 Å². The van der Waals surface area contributed by atoms with Crippen LogP contribution in [0.1, 0.15) is 5.69 Å². The standard InChI is InChI=1S/C11H9ClFN3/c1-6-4-10(16-11(14)15-6)8-5-7(13)2-3-9(8)12/h2-5H,1H3,(H2,14,15,16). The molecule has 2 aromatic rings. The van der Waals surface area contributed by atoms with Gasteiger partial charge in [-0.3, -0.25) is 0 Å². The van der Waals surface area contributed by atoms with Crippen LogP contribution in [-0.2, 0) is 0 Å². The Labute approximate surface area is 97.1 Å². The van der Waals surface area contributed by atoms with Gasteiger partial charge in [0.2, 0.25) is 5.95 Å². The Morgan fingerprint density at radius 2 is 2.00 bits per heavy atom. The van der Waals surface area contributed by atoms with E-state index >= 15 is 0 Å². The van der Waals surface area contributed by atoms with Crippen molar-refractivity contribution >= 4 is 17.5 Å². The number of rotatable bonds is 1. The van der Waals surface area contributed by atoms with E-state index in [1.54, 1.807) is 13.0 Å². The van der Waals surface area contributed by atoms with Crippen LogP contribution in [0.3, 0.4) is 0 Å². The van der Waals surface area contributed by atoms with Gasteiger partial charge in [-0.25, -0.2) is 14.4 Å². The molecular weight excluding hydrogens is 229 g/mol. The minimum absolute atomic E-state index is 0.148. The van der Waals surface area contributed by atoms with Gasteiger partial charge in [-0.2, -0.15) is 0 Å². The molecule has 0 aliphatic carbocycles. The fraction of sp³-hybridized carbons (Fsp3) is 0.0909. The van der Waals surface area contributed by atoms with Crippen molar-refractivity contribution in [3.8, 4) is 11.3 Å². The molecule has 16 heavy (non-hydrogen) atoms. The number of nitrogens with two attached hydrogens (primary N) is 1. The maximum Gasteiger partial charge on any atom is 0.220 e. The second-order valence-corrected chi connectivity index (χ2v) is 3.78. The van der Waals surface area contributed by atoms with E-state index in [0.717, 1.165) is 0 Å². The molecule has 0 bridgehead atoms. The summed E-state index contributed by atoms with van der Waals surface area (Å²) in [7, 11) is 0. The van der Waals surface area contributed by atoms with E-state index in [1.165, 1.54) is 18.2 Å². The summed E-state index contributed by atoms with van der Waals surface area (Å²) in [5.41, 5.74) is 7.27. The molecule has 0 aliphatic rings. The first-order valence-electron chi connectivity index (χ1n) is 4.63. The maximum absolute atomic E-state index is 13.1. The molecule has 0 amide bonds. The average Bonchev–Trinajstić information content (AvgIpc) is 2.20. The molecule has 3 nitrogen and oxygen atoms in total. The molecular formula is C11H9ClFN3. The monoisotopic (exact) mass is 237 g/mol. The smallest absolute Gasteiger partial charge is 0.220 e. The van der Waals surface area contributed by atoms with E-state index in [2.05, 4.69) is 9.97 Å². The minimum atomic E-state index is -0.366. The lowest BCUT2D eigenvalue weighted by molar-refractivity contribution is 0.628. The van der Waals surface area contributed by atoms with Crippen molar-refractivity contribution in [2.24, 2.45) is 0 Å². The Morgan fingerprint density at radius 1 is 1.25 bits per heavy atom. The molecule has 5 heteroatoms. The summed E-state index contributed by atoms with van der Waals surface area (Å²) in [6, 6.07) is 5.81. The first-order chi connectivity index (χ1) is 7.56. The third kappa shape index (κ3) is 2.12. The predicted octanol–water partition coefficient (Wildman–Crippen LogP) is 2.83. The Bertz CT molecular complexity index is 522. The van der Waals surface area contributed by atoms with Crippen molar-refractivity contribution in [1.82, 2.24) is 9.97 Å². The van der Waals surface area contributed by atoms with Crippen molar-refractivity contribution < 1.29 is 4.39 Å². The first kappa shape index (κ1) is 10.8. The third-order valence-electron chi connectivity index (χ3n) is 2.08. The van der Waals surface area contributed by atoms with E-state index in [-0.39, 0.29) is 11.8 Å². The van der Waals surface area contributed by atoms with Crippen LogP contribution in [0, 0.1) is 12.7 Å². The molecule has 0 aliphatic heterocycles. The van der Waals surface area contributed by atoms with Gasteiger partial charge in [0.05, 0.1) is 10.7 Å². The van der Waals surface area contributed by atoms with Gasteiger partial charge in [0, 0.05) is 11.3 Å². The van der Waals surface area contributed by atoms with Gasteiger partial charge in [-0.15, -0.1) is 0 Å². The maximum atomic E-state index is 13.1. The molecule has 1 heterocycles. The molecule has 2 N–H and O–H groups in total. The second-order valence-electron chi connectivity index (χ2n) is 3.38. The van der Waals surface area contributed by atoms with Crippen LogP contribution in [-0.4, -0.2) is 9.97 Å². The molecule has 0 atom stereocenters. The van der Waals surface area contributed by atoms with Crippen molar-refractivity contribution in [2.45, 2.75) is 6.92 Å². The highest BCUT2D eigenvalue weighted by Gasteiger charge is 2.08. The van der Waals surface area contributed by atoms with E-state index < -0.39 is 0 Å². The molecule has 82 valence electrons. The summed E-state index contributed by atoms with van der Waals surface area (Å²) < 4.78 is 13.1. The number of halogens is 2. The van der Waals surface area contributed by atoms with E-state index in [1.807, 2.05) is 0 Å². The van der Waals surface area contributed by atoms with Crippen molar-refractivity contribution in [2.75, 3.05) is 5.73 Å². The SMILES string of the molecule is Cc1cc(-c2cc(F)ccc2Cl)nc(N)n1. The average molecular weight is 238 g/mol. The van der Waals surface area contributed by atoms with Gasteiger partial charge in [-0.05, 0) is 31.2 Å². The van der Waals surface area contributed by atoms with Crippen LogP contribution in [0.4, 0.5) is 10.3 Å². The topological polar surface area (TPSA) is 51.8 Å². The molecule has 0 saturated heterocycles. The Hall–Kier alpha value is -1.68. The van der Waals surface area contributed by atoms with E-state index in [4.69, 9.17) is 17.3 Å². The lowest BCUT2D eigenvalue weighted by Gasteiger charge is -2.05. The number of nitrogen functional groups attached to an aromatic ring is 1. The van der Waals surface area contributed by atoms with Gasteiger partial charge in [-0.1, -0.05) is 11.6 Å². The Morgan fingerprint density at radius 3 is 2.69 bits per heavy atom. The zero-order valence-electron chi connectivity index (χ0n) is 8.54. The van der Waals surface area contributed by atoms with Gasteiger partial charge < -0.3 is 5.73 Å². The van der Waals surface area contributed by atoms with Crippen LogP contribution in [0.5, 0.6) is 0 Å². The highest BCUT2D eigenvalue weighted by Crippen LogP contribution is 2.27. The lowest BCUT2D eigenvalue weighted by Crippen LogP contribution is -1.98. The number of anilines is 1. The predicted molar refractivity (Wildman–Crippen MR) is 61.6 cm³/mol. The minimum Gasteiger partial charge on any atom is -0.368 e. The molecule has 1 aromatic heterocycles. The zero-order chi connectivity index (χ0) is 11.7. The van der Waals surface area contributed by atoms with Gasteiger partial charge in [0.15, 0.2) is 0 Å². The molecule has 0 spiro atoms. The van der Waals surface area contributed by atoms with Crippen LogP contribution in [0.2, 0.25) is 5.02 Å². The number of hydrogen-bond donors (Lipinski definition) is 1. The summed E-state index contributed by atoms with van der Waals surface area (Å²) in [6.07, 6.45) is 0. The molecule has 0 radical (unpaired) electrons. The van der Waals surface area contributed by atoms with Crippen molar-refractivity contribution in [1.29, 1.82) is 0 Å². The Balaban J connectivity index is 2.62. The highest BCUT2D eigenvalue weighted by molar-refractivity contribution is 6.33. The number of aryl methyl sites for hydroxylation is 1. The fourth-order valence-electron chi connectivity index (χ4n) is 1.42. The summed E-state index contributed by atoms with van der Waals surface area (Å²) in [4.78, 5) is 7.96. The summed E-state index contributed by atoms with van der Waals surface area (Å²) in [6.45, 7) is 1.79. The molecule has 2 rings (SSSR count). The summed E-state index contributed by atoms with van der Waals surface area (Å²) in [5.74, 6) is -0.218. The largest absolute Gasteiger partial charge is 0.368 e. The van der Waals surface area contributed by atoms with E-state index in [9.17, 15) is 4.39 Å². The summed E-state index contributed by atoms with van der Waals surface area (Å²) >= 11 is 5.97. The van der Waals surface area contributed by atoms with Crippen LogP contribution in [0.15, 0.2) is 24.3 Å². The zero-order valence-corrected chi connectivity index (χ0v) is 9.29. The number of hydrogen-bond acceptors (Lipinski definition) is 3. The van der Waals surface area contributed by atoms with Gasteiger partial charge in [0.1, 0.15) is 5.82 Å². The number of nitrogens with zero attached hydrogens (tertiary/aromatic N) is 2. The number of aromatic nitrogens is 2. The quantitative estimate of drug-likeness (QED) is 0.830. The summed E-state index contributed by atoms with van der Waals surface area (Å²) in [5, 5.41) is 0.430. The van der Waals surface area contributed by atoms with Crippen molar-refractivity contribution in [3.05, 3.63) is 40.8 Å².